The van der Waals surface area contributed by atoms with Crippen molar-refractivity contribution >= 4 is 23.2 Å². The van der Waals surface area contributed by atoms with Gasteiger partial charge in [0.2, 0.25) is 0 Å². The molecule has 100 valence electrons. The van der Waals surface area contributed by atoms with E-state index in [0.717, 1.165) is 5.65 Å². The molecule has 0 bridgehead atoms. The summed E-state index contributed by atoms with van der Waals surface area (Å²) >= 11 is 5.94. The number of carbonyl (C=O) groups excluding carboxylic acids is 1. The fourth-order valence-corrected chi connectivity index (χ4v) is 2.00. The van der Waals surface area contributed by atoms with Crippen molar-refractivity contribution in [2.75, 3.05) is 0 Å². The van der Waals surface area contributed by atoms with E-state index in [0.29, 0.717) is 16.4 Å². The number of carbonyl (C=O) groups is 1. The zero-order valence-electron chi connectivity index (χ0n) is 10.3. The van der Waals surface area contributed by atoms with Gasteiger partial charge in [0.05, 0.1) is 17.1 Å². The number of hydrogen-bond donors (Lipinski definition) is 1. The van der Waals surface area contributed by atoms with E-state index in [4.69, 9.17) is 11.6 Å². The van der Waals surface area contributed by atoms with Gasteiger partial charge in [0, 0.05) is 18.6 Å². The van der Waals surface area contributed by atoms with Crippen LogP contribution in [0.4, 0.5) is 0 Å². The number of rotatable bonds is 3. The highest BCUT2D eigenvalue weighted by molar-refractivity contribution is 6.33. The van der Waals surface area contributed by atoms with E-state index in [1.807, 2.05) is 28.8 Å². The average molecular weight is 288 g/mol. The Kier molecular flexibility index (Phi) is 3.30. The fraction of sp³-hybridized carbons (Fsp3) is 0.0769. The zero-order valence-corrected chi connectivity index (χ0v) is 11.1. The highest BCUT2D eigenvalue weighted by Gasteiger charge is 2.11. The number of nitrogens with zero attached hydrogens (tertiary/aromatic N) is 4. The predicted molar refractivity (Wildman–Crippen MR) is 73.4 cm³/mol. The number of nitrogens with one attached hydrogen (secondary N) is 1. The van der Waals surface area contributed by atoms with Gasteiger partial charge in [0.25, 0.3) is 5.91 Å². The van der Waals surface area contributed by atoms with Crippen molar-refractivity contribution in [3.8, 4) is 0 Å². The second-order valence-corrected chi connectivity index (χ2v) is 4.49. The number of hydrogen-bond acceptors (Lipinski definition) is 4. The van der Waals surface area contributed by atoms with Crippen LogP contribution in [0.5, 0.6) is 0 Å². The van der Waals surface area contributed by atoms with Crippen LogP contribution in [0, 0.1) is 0 Å². The first-order valence-corrected chi connectivity index (χ1v) is 6.30. The number of pyridine rings is 2. The first kappa shape index (κ1) is 12.6. The van der Waals surface area contributed by atoms with Crippen LogP contribution in [0.3, 0.4) is 0 Å². The smallest absolute Gasteiger partial charge is 0.254 e. The van der Waals surface area contributed by atoms with Crippen LogP contribution in [0.1, 0.15) is 16.2 Å². The zero-order chi connectivity index (χ0) is 13.9. The SMILES string of the molecule is O=C(NCc1nnc2ccccn12)c1cnccc1Cl. The highest BCUT2D eigenvalue weighted by atomic mass is 35.5. The maximum atomic E-state index is 12.0. The van der Waals surface area contributed by atoms with Crippen LogP contribution in [0.2, 0.25) is 5.02 Å². The molecule has 1 N–H and O–H groups in total. The van der Waals surface area contributed by atoms with Gasteiger partial charge in [-0.2, -0.15) is 0 Å². The molecule has 7 heteroatoms. The summed E-state index contributed by atoms with van der Waals surface area (Å²) in [4.78, 5) is 15.9. The predicted octanol–water partition coefficient (Wildman–Crippen LogP) is 1.71. The largest absolute Gasteiger partial charge is 0.345 e. The molecule has 0 aliphatic rings. The van der Waals surface area contributed by atoms with Gasteiger partial charge in [0.15, 0.2) is 11.5 Å². The van der Waals surface area contributed by atoms with E-state index >= 15 is 0 Å². The Morgan fingerprint density at radius 3 is 3.05 bits per heavy atom. The van der Waals surface area contributed by atoms with E-state index < -0.39 is 0 Å². The minimum Gasteiger partial charge on any atom is -0.345 e. The standard InChI is InChI=1S/C13H10ClN5O/c14-10-4-5-15-7-9(10)13(20)16-8-12-18-17-11-3-1-2-6-19(11)12/h1-7H,8H2,(H,16,20). The second-order valence-electron chi connectivity index (χ2n) is 4.08. The molecule has 0 spiro atoms. The summed E-state index contributed by atoms with van der Waals surface area (Å²) in [5.41, 5.74) is 1.07. The van der Waals surface area contributed by atoms with Crippen LogP contribution < -0.4 is 5.32 Å². The molecule has 0 saturated heterocycles. The number of aromatic nitrogens is 4. The van der Waals surface area contributed by atoms with Crippen molar-refractivity contribution in [3.05, 3.63) is 59.3 Å². The third-order valence-electron chi connectivity index (χ3n) is 2.80. The Hall–Kier alpha value is -2.47. The average Bonchev–Trinajstić information content (AvgIpc) is 2.88. The first-order chi connectivity index (χ1) is 9.75. The molecular formula is C13H10ClN5O. The maximum Gasteiger partial charge on any atom is 0.254 e. The molecule has 1 amide bonds. The molecule has 3 aromatic heterocycles. The summed E-state index contributed by atoms with van der Waals surface area (Å²) < 4.78 is 1.81. The molecule has 6 nitrogen and oxygen atoms in total. The van der Waals surface area contributed by atoms with Gasteiger partial charge >= 0.3 is 0 Å². The first-order valence-electron chi connectivity index (χ1n) is 5.92. The van der Waals surface area contributed by atoms with Crippen LogP contribution in [-0.2, 0) is 6.54 Å². The Bertz CT molecular complexity index is 770. The Morgan fingerprint density at radius 2 is 2.20 bits per heavy atom. The summed E-state index contributed by atoms with van der Waals surface area (Å²) in [6.07, 6.45) is 4.80. The van der Waals surface area contributed by atoms with Crippen molar-refractivity contribution in [1.29, 1.82) is 0 Å². The number of amides is 1. The molecule has 0 atom stereocenters. The minimum absolute atomic E-state index is 0.259. The molecule has 0 fully saturated rings. The van der Waals surface area contributed by atoms with Gasteiger partial charge in [-0.3, -0.25) is 14.2 Å². The Balaban J connectivity index is 1.77. The minimum atomic E-state index is -0.296. The lowest BCUT2D eigenvalue weighted by atomic mass is 10.2. The van der Waals surface area contributed by atoms with Gasteiger partial charge in [0.1, 0.15) is 0 Å². The normalized spacial score (nSPS) is 10.7. The van der Waals surface area contributed by atoms with E-state index in [1.165, 1.54) is 12.4 Å². The topological polar surface area (TPSA) is 72.2 Å². The van der Waals surface area contributed by atoms with E-state index in [1.54, 1.807) is 6.07 Å². The van der Waals surface area contributed by atoms with Gasteiger partial charge in [-0.1, -0.05) is 17.7 Å². The Morgan fingerprint density at radius 1 is 1.30 bits per heavy atom. The van der Waals surface area contributed by atoms with Gasteiger partial charge < -0.3 is 5.32 Å². The van der Waals surface area contributed by atoms with Crippen LogP contribution >= 0.6 is 11.6 Å². The summed E-state index contributed by atoms with van der Waals surface area (Å²) in [5, 5.41) is 11.2. The van der Waals surface area contributed by atoms with Gasteiger partial charge in [-0.25, -0.2) is 0 Å². The summed E-state index contributed by atoms with van der Waals surface area (Å²) in [5.74, 6) is 0.352. The van der Waals surface area contributed by atoms with E-state index in [-0.39, 0.29) is 12.5 Å². The molecular weight excluding hydrogens is 278 g/mol. The van der Waals surface area contributed by atoms with Crippen molar-refractivity contribution in [2.24, 2.45) is 0 Å². The Labute approximate surface area is 119 Å². The molecule has 0 aliphatic heterocycles. The lowest BCUT2D eigenvalue weighted by Crippen LogP contribution is -2.24. The van der Waals surface area contributed by atoms with Crippen LogP contribution in [0.25, 0.3) is 5.65 Å². The lowest BCUT2D eigenvalue weighted by Gasteiger charge is -2.05. The quantitative estimate of drug-likeness (QED) is 0.796. The monoisotopic (exact) mass is 287 g/mol. The van der Waals surface area contributed by atoms with Crippen molar-refractivity contribution in [3.63, 3.8) is 0 Å². The fourth-order valence-electron chi connectivity index (χ4n) is 1.81. The number of fused-ring (bicyclic) bond motifs is 1. The molecule has 0 unspecified atom stereocenters. The third-order valence-corrected chi connectivity index (χ3v) is 3.13. The molecule has 0 aromatic carbocycles. The van der Waals surface area contributed by atoms with E-state index in [9.17, 15) is 4.79 Å². The summed E-state index contributed by atoms with van der Waals surface area (Å²) in [6, 6.07) is 7.17. The summed E-state index contributed by atoms with van der Waals surface area (Å²) in [6.45, 7) is 0.259. The molecule has 0 saturated carbocycles. The maximum absolute atomic E-state index is 12.0. The second kappa shape index (κ2) is 5.26. The van der Waals surface area contributed by atoms with E-state index in [2.05, 4.69) is 20.5 Å². The van der Waals surface area contributed by atoms with Gasteiger partial charge in [-0.05, 0) is 18.2 Å². The molecule has 3 rings (SSSR count). The molecule has 0 radical (unpaired) electrons. The molecule has 20 heavy (non-hydrogen) atoms. The van der Waals surface area contributed by atoms with Crippen LogP contribution in [0.15, 0.2) is 42.9 Å². The van der Waals surface area contributed by atoms with Crippen molar-refractivity contribution in [2.45, 2.75) is 6.54 Å². The van der Waals surface area contributed by atoms with Crippen molar-refractivity contribution < 1.29 is 4.79 Å². The highest BCUT2D eigenvalue weighted by Crippen LogP contribution is 2.13. The summed E-state index contributed by atoms with van der Waals surface area (Å²) in [7, 11) is 0. The van der Waals surface area contributed by atoms with Gasteiger partial charge in [-0.15, -0.1) is 10.2 Å². The molecule has 0 aliphatic carbocycles. The molecule has 3 heterocycles. The lowest BCUT2D eigenvalue weighted by molar-refractivity contribution is 0.0949. The van der Waals surface area contributed by atoms with Crippen molar-refractivity contribution in [1.82, 2.24) is 24.9 Å². The number of halogens is 1. The molecule has 3 aromatic rings. The third kappa shape index (κ3) is 2.33. The van der Waals surface area contributed by atoms with Crippen LogP contribution in [-0.4, -0.2) is 25.5 Å².